The zero-order valence-corrected chi connectivity index (χ0v) is 48.9. The Bertz CT molecular complexity index is 4440. The molecule has 0 aromatic heterocycles. The van der Waals surface area contributed by atoms with Gasteiger partial charge in [-0.1, -0.05) is 267 Å². The third-order valence-electron chi connectivity index (χ3n) is 17.2. The molecule has 14 aromatic carbocycles. The second-order valence-corrected chi connectivity index (χ2v) is 22.6. The Labute approximate surface area is 505 Å². The number of nitrogens with zero attached hydrogens (tertiary/aromatic N) is 2. The Morgan fingerprint density at radius 3 is 0.884 bits per heavy atom. The SMILES string of the molecule is Cc1cc(-c2ccc(N(c3ccc(-c4cccc5ccccc45)cc3)c3c(C)cccc3-c3ccc(-c4ccccc4)cc3)c(C)c2)ccc1N(c1ccc(-c2cccc3ccccc23)cc1)c1c(C)cccc1-c1ccc(-c2ccccc2)cc1. The molecule has 14 rings (SSSR count). The van der Waals surface area contributed by atoms with Crippen molar-refractivity contribution in [2.75, 3.05) is 9.80 Å². The molecule has 14 aromatic rings. The molecule has 0 heterocycles. The largest absolute Gasteiger partial charge is 0.309 e. The number of anilines is 6. The summed E-state index contributed by atoms with van der Waals surface area (Å²) in [6.45, 7) is 9.01. The summed E-state index contributed by atoms with van der Waals surface area (Å²) in [6, 6.07) is 116. The highest BCUT2D eigenvalue weighted by Gasteiger charge is 2.24. The first-order valence-corrected chi connectivity index (χ1v) is 29.8. The molecule has 0 aliphatic rings. The van der Waals surface area contributed by atoms with Crippen molar-refractivity contribution in [1.29, 1.82) is 0 Å². The fraction of sp³-hybridized carbons (Fsp3) is 0.0476. The Kier molecular flexibility index (Phi) is 14.3. The lowest BCUT2D eigenvalue weighted by Crippen LogP contribution is -2.14. The van der Waals surface area contributed by atoms with Crippen LogP contribution in [0.3, 0.4) is 0 Å². The molecule has 86 heavy (non-hydrogen) atoms. The van der Waals surface area contributed by atoms with E-state index in [9.17, 15) is 0 Å². The predicted octanol–water partition coefficient (Wildman–Crippen LogP) is 23.8. The Balaban J connectivity index is 0.865. The molecule has 0 fully saturated rings. The second-order valence-electron chi connectivity index (χ2n) is 22.6. The van der Waals surface area contributed by atoms with Crippen molar-refractivity contribution >= 4 is 55.7 Å². The van der Waals surface area contributed by atoms with Gasteiger partial charge in [0.05, 0.1) is 11.4 Å². The van der Waals surface area contributed by atoms with E-state index in [4.69, 9.17) is 0 Å². The minimum atomic E-state index is 1.09. The lowest BCUT2D eigenvalue weighted by Gasteiger charge is -2.32. The van der Waals surface area contributed by atoms with Gasteiger partial charge in [-0.15, -0.1) is 0 Å². The predicted molar refractivity (Wildman–Crippen MR) is 368 cm³/mol. The van der Waals surface area contributed by atoms with Crippen LogP contribution in [0.25, 0.3) is 99.4 Å². The normalized spacial score (nSPS) is 11.3. The number of aryl methyl sites for hydroxylation is 4. The third kappa shape index (κ3) is 10.2. The molecule has 0 amide bonds. The van der Waals surface area contributed by atoms with E-state index in [0.717, 1.165) is 45.3 Å². The van der Waals surface area contributed by atoms with Gasteiger partial charge in [-0.2, -0.15) is 0 Å². The van der Waals surface area contributed by atoms with E-state index in [0.29, 0.717) is 0 Å². The molecule has 0 bridgehead atoms. The summed E-state index contributed by atoms with van der Waals surface area (Å²) < 4.78 is 0. The number of hydrogen-bond donors (Lipinski definition) is 0. The summed E-state index contributed by atoms with van der Waals surface area (Å²) in [5.41, 5.74) is 28.1. The zero-order valence-electron chi connectivity index (χ0n) is 48.9. The summed E-state index contributed by atoms with van der Waals surface area (Å²) >= 11 is 0. The molecule has 0 atom stereocenters. The molecule has 0 spiro atoms. The first kappa shape index (κ1) is 53.2. The first-order valence-electron chi connectivity index (χ1n) is 29.8. The van der Waals surface area contributed by atoms with Gasteiger partial charge in [0.1, 0.15) is 0 Å². The Hall–Kier alpha value is -10.8. The van der Waals surface area contributed by atoms with Gasteiger partial charge in [0, 0.05) is 33.9 Å². The highest BCUT2D eigenvalue weighted by molar-refractivity contribution is 6.00. The van der Waals surface area contributed by atoms with Gasteiger partial charge in [0.15, 0.2) is 0 Å². The number of fused-ring (bicyclic) bond motifs is 2. The van der Waals surface area contributed by atoms with Gasteiger partial charge in [-0.05, 0) is 187 Å². The lowest BCUT2D eigenvalue weighted by atomic mass is 9.94. The number of rotatable bonds is 13. The van der Waals surface area contributed by atoms with Gasteiger partial charge in [-0.25, -0.2) is 0 Å². The quantitative estimate of drug-likeness (QED) is 0.114. The standard InChI is InChI=1S/C84H64N2/c1-57-19-15-33-79(69-39-35-63(36-40-69)61-21-7-5-8-22-61)83(57)85(73-49-43-67(44-50-73)77-31-17-27-65-25-11-13-29-75(65)77)81-53-47-71(55-59(81)3)72-48-54-82(60(4)56-72)86(74-51-45-68(46-52-74)78-32-18-28-66-26-12-14-30-76(66)78)84-58(2)20-16-34-80(84)70-41-37-64(38-42-70)62-23-9-6-10-24-62/h5-56H,1-4H3. The number of benzene rings is 14. The summed E-state index contributed by atoms with van der Waals surface area (Å²) in [5.74, 6) is 0. The summed E-state index contributed by atoms with van der Waals surface area (Å²) in [7, 11) is 0. The second kappa shape index (κ2) is 23.1. The van der Waals surface area contributed by atoms with Crippen LogP contribution in [0.1, 0.15) is 22.3 Å². The van der Waals surface area contributed by atoms with E-state index in [1.165, 1.54) is 111 Å². The van der Waals surface area contributed by atoms with E-state index in [-0.39, 0.29) is 0 Å². The first-order chi connectivity index (χ1) is 42.3. The molecule has 410 valence electrons. The summed E-state index contributed by atoms with van der Waals surface area (Å²) in [5, 5.41) is 4.97. The van der Waals surface area contributed by atoms with Crippen LogP contribution in [0.4, 0.5) is 34.1 Å². The minimum absolute atomic E-state index is 1.09. The van der Waals surface area contributed by atoms with Crippen LogP contribution in [0, 0.1) is 27.7 Å². The van der Waals surface area contributed by atoms with E-state index in [1.807, 2.05) is 0 Å². The maximum atomic E-state index is 2.48. The van der Waals surface area contributed by atoms with Crippen molar-refractivity contribution in [3.63, 3.8) is 0 Å². The van der Waals surface area contributed by atoms with Crippen molar-refractivity contribution in [2.24, 2.45) is 0 Å². The monoisotopic (exact) mass is 1100 g/mol. The van der Waals surface area contributed by atoms with E-state index >= 15 is 0 Å². The molecule has 0 N–H and O–H groups in total. The number of hydrogen-bond acceptors (Lipinski definition) is 2. The van der Waals surface area contributed by atoms with Gasteiger partial charge in [0.25, 0.3) is 0 Å². The minimum Gasteiger partial charge on any atom is -0.309 e. The van der Waals surface area contributed by atoms with Crippen molar-refractivity contribution in [2.45, 2.75) is 27.7 Å². The van der Waals surface area contributed by atoms with Crippen LogP contribution in [-0.2, 0) is 0 Å². The van der Waals surface area contributed by atoms with Gasteiger partial charge < -0.3 is 9.80 Å². The molecule has 0 saturated heterocycles. The average Bonchev–Trinajstić information content (AvgIpc) is 1.57. The number of para-hydroxylation sites is 2. The smallest absolute Gasteiger partial charge is 0.0569 e. The van der Waals surface area contributed by atoms with E-state index in [1.54, 1.807) is 0 Å². The average molecular weight is 1100 g/mol. The molecular weight excluding hydrogens is 1040 g/mol. The molecule has 0 aliphatic carbocycles. The van der Waals surface area contributed by atoms with Gasteiger partial charge in [0.2, 0.25) is 0 Å². The highest BCUT2D eigenvalue weighted by atomic mass is 15.2. The molecule has 2 heteroatoms. The van der Waals surface area contributed by atoms with E-state index < -0.39 is 0 Å². The fourth-order valence-electron chi connectivity index (χ4n) is 12.8. The fourth-order valence-corrected chi connectivity index (χ4v) is 12.8. The maximum Gasteiger partial charge on any atom is 0.0569 e. The molecule has 0 unspecified atom stereocenters. The molecule has 0 aliphatic heterocycles. The van der Waals surface area contributed by atoms with Gasteiger partial charge >= 0.3 is 0 Å². The van der Waals surface area contributed by atoms with Crippen LogP contribution in [0.2, 0.25) is 0 Å². The van der Waals surface area contributed by atoms with Crippen molar-refractivity contribution in [3.8, 4) is 77.9 Å². The highest BCUT2D eigenvalue weighted by Crippen LogP contribution is 2.48. The molecule has 0 radical (unpaired) electrons. The van der Waals surface area contributed by atoms with Crippen molar-refractivity contribution < 1.29 is 0 Å². The summed E-state index contributed by atoms with van der Waals surface area (Å²) in [6.07, 6.45) is 0. The third-order valence-corrected chi connectivity index (χ3v) is 17.2. The Morgan fingerprint density at radius 2 is 0.488 bits per heavy atom. The molecule has 2 nitrogen and oxygen atoms in total. The maximum absolute atomic E-state index is 2.48. The molecule has 0 saturated carbocycles. The molecular formula is C84H64N2. The van der Waals surface area contributed by atoms with Crippen LogP contribution in [0.15, 0.2) is 315 Å². The Morgan fingerprint density at radius 1 is 0.198 bits per heavy atom. The topological polar surface area (TPSA) is 6.48 Å². The zero-order chi connectivity index (χ0) is 58.1. The van der Waals surface area contributed by atoms with Crippen LogP contribution < -0.4 is 9.80 Å². The van der Waals surface area contributed by atoms with Crippen molar-refractivity contribution in [3.05, 3.63) is 338 Å². The van der Waals surface area contributed by atoms with Crippen molar-refractivity contribution in [1.82, 2.24) is 0 Å². The van der Waals surface area contributed by atoms with E-state index in [2.05, 4.69) is 353 Å². The van der Waals surface area contributed by atoms with Crippen LogP contribution in [0.5, 0.6) is 0 Å². The van der Waals surface area contributed by atoms with Gasteiger partial charge in [-0.3, -0.25) is 0 Å². The van der Waals surface area contributed by atoms with Crippen LogP contribution in [-0.4, -0.2) is 0 Å². The van der Waals surface area contributed by atoms with Crippen LogP contribution >= 0.6 is 0 Å². The summed E-state index contributed by atoms with van der Waals surface area (Å²) in [4.78, 5) is 4.96. The lowest BCUT2D eigenvalue weighted by molar-refractivity contribution is 1.22.